The molecule has 2 aromatic carbocycles. The fraction of sp³-hybridized carbons (Fsp3) is 0.190. The van der Waals surface area contributed by atoms with Crippen molar-refractivity contribution in [2.45, 2.75) is 19.9 Å². The zero-order chi connectivity index (χ0) is 20.3. The molecule has 0 saturated heterocycles. The molecule has 1 N–H and O–H groups in total. The van der Waals surface area contributed by atoms with E-state index in [0.29, 0.717) is 10.4 Å². The number of esters is 1. The van der Waals surface area contributed by atoms with E-state index in [-0.39, 0.29) is 22.8 Å². The van der Waals surface area contributed by atoms with Crippen LogP contribution >= 0.6 is 11.6 Å². The smallest absolute Gasteiger partial charge is 0.374 e. The van der Waals surface area contributed by atoms with Crippen LogP contribution in [0.4, 0.5) is 0 Å². The van der Waals surface area contributed by atoms with Gasteiger partial charge in [-0.1, -0.05) is 41.4 Å². The van der Waals surface area contributed by atoms with Crippen LogP contribution in [0.15, 0.2) is 57.7 Å². The fourth-order valence-corrected chi connectivity index (χ4v) is 3.06. The second kappa shape index (κ2) is 8.27. The monoisotopic (exact) mass is 399 g/mol. The predicted octanol–water partition coefficient (Wildman–Crippen LogP) is 3.79. The van der Waals surface area contributed by atoms with Gasteiger partial charge in [0.1, 0.15) is 5.58 Å². The summed E-state index contributed by atoms with van der Waals surface area (Å²) in [5.41, 5.74) is 1.58. The number of halogens is 1. The first-order valence-corrected chi connectivity index (χ1v) is 8.98. The molecule has 0 aliphatic rings. The zero-order valence-corrected chi connectivity index (χ0v) is 16.1. The van der Waals surface area contributed by atoms with E-state index in [1.54, 1.807) is 43.3 Å². The van der Waals surface area contributed by atoms with E-state index in [1.807, 2.05) is 13.0 Å². The molecule has 0 saturated carbocycles. The molecule has 0 radical (unpaired) electrons. The molecular weight excluding hydrogens is 382 g/mol. The zero-order valence-electron chi connectivity index (χ0n) is 15.3. The van der Waals surface area contributed by atoms with E-state index in [0.717, 1.165) is 17.2 Å². The molecule has 0 bridgehead atoms. The minimum Gasteiger partial charge on any atom is -0.450 e. The molecule has 28 heavy (non-hydrogen) atoms. The van der Waals surface area contributed by atoms with Gasteiger partial charge in [-0.2, -0.15) is 0 Å². The molecule has 1 aromatic heterocycles. The average Bonchev–Trinajstić information content (AvgIpc) is 2.66. The van der Waals surface area contributed by atoms with Crippen LogP contribution in [0.25, 0.3) is 11.0 Å². The third kappa shape index (κ3) is 4.40. The molecule has 0 aliphatic carbocycles. The third-order valence-electron chi connectivity index (χ3n) is 4.17. The summed E-state index contributed by atoms with van der Waals surface area (Å²) in [6, 6.07) is 12.9. The Hall–Kier alpha value is -3.12. The molecule has 0 fully saturated rings. The number of benzene rings is 2. The third-order valence-corrected chi connectivity index (χ3v) is 4.51. The largest absolute Gasteiger partial charge is 0.450 e. The number of carbonyl (C=O) groups excluding carboxylic acids is 2. The highest BCUT2D eigenvalue weighted by molar-refractivity contribution is 6.31. The second-order valence-electron chi connectivity index (χ2n) is 6.36. The van der Waals surface area contributed by atoms with Gasteiger partial charge in [-0.05, 0) is 37.6 Å². The summed E-state index contributed by atoms with van der Waals surface area (Å²) in [5, 5.41) is 3.60. The Kier molecular flexibility index (Phi) is 5.80. The van der Waals surface area contributed by atoms with Crippen molar-refractivity contribution in [2.24, 2.45) is 0 Å². The lowest BCUT2D eigenvalue weighted by atomic mass is 10.1. The summed E-state index contributed by atoms with van der Waals surface area (Å²) >= 11 is 6.10. The van der Waals surface area contributed by atoms with Gasteiger partial charge in [0.2, 0.25) is 5.76 Å². The maximum Gasteiger partial charge on any atom is 0.374 e. The lowest BCUT2D eigenvalue weighted by molar-refractivity contribution is -0.124. The summed E-state index contributed by atoms with van der Waals surface area (Å²) in [5.74, 6) is -1.65. The Bertz CT molecular complexity index is 1110. The number of hydrogen-bond donors (Lipinski definition) is 1. The Balaban J connectivity index is 1.64. The number of aryl methyl sites for hydroxylation is 1. The van der Waals surface area contributed by atoms with E-state index in [4.69, 9.17) is 20.8 Å². The standard InChI is InChI=1S/C21H18ClNO5/c1-12-7-8-18-15(9-12)17(24)10-19(28-18)21(26)27-11-20(25)23-13(2)14-5-3-4-6-16(14)22/h3-10,13H,11H2,1-2H3,(H,23,25)/t13-/m0/s1. The van der Waals surface area contributed by atoms with E-state index >= 15 is 0 Å². The Morgan fingerprint density at radius 3 is 2.68 bits per heavy atom. The van der Waals surface area contributed by atoms with Crippen molar-refractivity contribution in [1.29, 1.82) is 0 Å². The fourth-order valence-electron chi connectivity index (χ4n) is 2.76. The van der Waals surface area contributed by atoms with Gasteiger partial charge in [0.25, 0.3) is 5.91 Å². The first-order chi connectivity index (χ1) is 13.3. The van der Waals surface area contributed by atoms with Crippen molar-refractivity contribution in [1.82, 2.24) is 5.32 Å². The van der Waals surface area contributed by atoms with Gasteiger partial charge >= 0.3 is 5.97 Å². The molecular formula is C21H18ClNO5. The Labute approximate surface area is 166 Å². The molecule has 6 nitrogen and oxygen atoms in total. The highest BCUT2D eigenvalue weighted by atomic mass is 35.5. The summed E-state index contributed by atoms with van der Waals surface area (Å²) in [6.07, 6.45) is 0. The highest BCUT2D eigenvalue weighted by Crippen LogP contribution is 2.22. The molecule has 0 aliphatic heterocycles. The van der Waals surface area contributed by atoms with E-state index in [1.165, 1.54) is 0 Å². The molecule has 0 spiro atoms. The van der Waals surface area contributed by atoms with Crippen molar-refractivity contribution >= 4 is 34.4 Å². The number of nitrogens with one attached hydrogen (secondary N) is 1. The first kappa shape index (κ1) is 19.6. The molecule has 1 amide bonds. The van der Waals surface area contributed by atoms with E-state index < -0.39 is 18.5 Å². The minimum absolute atomic E-state index is 0.256. The number of carbonyl (C=O) groups is 2. The van der Waals surface area contributed by atoms with Crippen LogP contribution in [0.2, 0.25) is 5.02 Å². The van der Waals surface area contributed by atoms with Gasteiger partial charge in [-0.3, -0.25) is 9.59 Å². The normalized spacial score (nSPS) is 11.8. The van der Waals surface area contributed by atoms with Crippen LogP contribution in [0, 0.1) is 6.92 Å². The molecule has 1 heterocycles. The van der Waals surface area contributed by atoms with Crippen molar-refractivity contribution in [3.63, 3.8) is 0 Å². The molecule has 7 heteroatoms. The van der Waals surface area contributed by atoms with Gasteiger partial charge in [-0.25, -0.2) is 4.79 Å². The van der Waals surface area contributed by atoms with Crippen LogP contribution in [0.3, 0.4) is 0 Å². The van der Waals surface area contributed by atoms with Crippen LogP contribution < -0.4 is 10.7 Å². The maximum atomic E-state index is 12.2. The second-order valence-corrected chi connectivity index (χ2v) is 6.77. The van der Waals surface area contributed by atoms with Gasteiger partial charge in [0.15, 0.2) is 12.0 Å². The van der Waals surface area contributed by atoms with Crippen molar-refractivity contribution < 1.29 is 18.7 Å². The summed E-state index contributed by atoms with van der Waals surface area (Å²) in [7, 11) is 0. The number of ether oxygens (including phenoxy) is 1. The van der Waals surface area contributed by atoms with Crippen LogP contribution in [-0.2, 0) is 9.53 Å². The molecule has 3 rings (SSSR count). The van der Waals surface area contributed by atoms with E-state index in [9.17, 15) is 14.4 Å². The van der Waals surface area contributed by atoms with Gasteiger partial charge < -0.3 is 14.5 Å². The topological polar surface area (TPSA) is 85.6 Å². The number of fused-ring (bicyclic) bond motifs is 1. The summed E-state index contributed by atoms with van der Waals surface area (Å²) in [4.78, 5) is 36.4. The van der Waals surface area contributed by atoms with Gasteiger partial charge in [-0.15, -0.1) is 0 Å². The van der Waals surface area contributed by atoms with Crippen molar-refractivity contribution in [2.75, 3.05) is 6.61 Å². The Morgan fingerprint density at radius 2 is 1.93 bits per heavy atom. The first-order valence-electron chi connectivity index (χ1n) is 8.60. The summed E-state index contributed by atoms with van der Waals surface area (Å²) < 4.78 is 10.4. The predicted molar refractivity (Wildman–Crippen MR) is 106 cm³/mol. The number of hydrogen-bond acceptors (Lipinski definition) is 5. The maximum absolute atomic E-state index is 12.2. The molecule has 3 aromatic rings. The lowest BCUT2D eigenvalue weighted by Gasteiger charge is -2.15. The number of rotatable bonds is 5. The van der Waals surface area contributed by atoms with Crippen molar-refractivity contribution in [3.8, 4) is 0 Å². The highest BCUT2D eigenvalue weighted by Gasteiger charge is 2.17. The summed E-state index contributed by atoms with van der Waals surface area (Å²) in [6.45, 7) is 3.11. The number of amides is 1. The average molecular weight is 400 g/mol. The van der Waals surface area contributed by atoms with Gasteiger partial charge in [0.05, 0.1) is 11.4 Å². The van der Waals surface area contributed by atoms with Crippen molar-refractivity contribution in [3.05, 3.63) is 80.7 Å². The van der Waals surface area contributed by atoms with E-state index in [2.05, 4.69) is 5.32 Å². The molecule has 0 unspecified atom stereocenters. The van der Waals surface area contributed by atoms with Gasteiger partial charge in [0, 0.05) is 11.1 Å². The Morgan fingerprint density at radius 1 is 1.18 bits per heavy atom. The lowest BCUT2D eigenvalue weighted by Crippen LogP contribution is -2.31. The molecule has 1 atom stereocenters. The molecule has 144 valence electrons. The SMILES string of the molecule is Cc1ccc2oc(C(=O)OCC(=O)N[C@@H](C)c3ccccc3Cl)cc(=O)c2c1. The minimum atomic E-state index is -0.889. The van der Waals surface area contributed by atoms with Crippen LogP contribution in [-0.4, -0.2) is 18.5 Å². The quantitative estimate of drug-likeness (QED) is 0.660. The van der Waals surface area contributed by atoms with Crippen LogP contribution in [0.5, 0.6) is 0 Å². The van der Waals surface area contributed by atoms with Crippen LogP contribution in [0.1, 0.15) is 34.6 Å².